The van der Waals surface area contributed by atoms with Crippen LogP contribution in [0.25, 0.3) is 5.69 Å². The molecule has 0 bridgehead atoms. The van der Waals surface area contributed by atoms with Gasteiger partial charge in [0.15, 0.2) is 0 Å². The second kappa shape index (κ2) is 9.90. The molecule has 0 saturated carbocycles. The number of aryl methyl sites for hydroxylation is 1. The lowest BCUT2D eigenvalue weighted by Crippen LogP contribution is -2.43. The lowest BCUT2D eigenvalue weighted by molar-refractivity contribution is -0.117. The van der Waals surface area contributed by atoms with Crippen molar-refractivity contribution in [1.82, 2.24) is 19.6 Å². The highest BCUT2D eigenvalue weighted by molar-refractivity contribution is 5.94. The summed E-state index contributed by atoms with van der Waals surface area (Å²) in [7, 11) is 3.36. The molecule has 0 aliphatic rings. The SMILES string of the molecule is Cc1ccccc1-n1nc(C(C)(C)C)cc1NC(=O)CN(Cc1ccccc1)C(=O)N(C)C. The maximum absolute atomic E-state index is 13.1. The first-order chi connectivity index (χ1) is 15.6. The zero-order valence-electron chi connectivity index (χ0n) is 20.3. The van der Waals surface area contributed by atoms with Crippen LogP contribution in [0.4, 0.5) is 10.6 Å². The van der Waals surface area contributed by atoms with E-state index < -0.39 is 0 Å². The average molecular weight is 448 g/mol. The summed E-state index contributed by atoms with van der Waals surface area (Å²) in [6.07, 6.45) is 0. The summed E-state index contributed by atoms with van der Waals surface area (Å²) in [5, 5.41) is 7.78. The second-order valence-corrected chi connectivity index (χ2v) is 9.43. The molecule has 0 aliphatic heterocycles. The van der Waals surface area contributed by atoms with Gasteiger partial charge in [-0.1, -0.05) is 69.3 Å². The van der Waals surface area contributed by atoms with Crippen LogP contribution in [-0.2, 0) is 16.8 Å². The van der Waals surface area contributed by atoms with E-state index in [0.29, 0.717) is 12.4 Å². The lowest BCUT2D eigenvalue weighted by Gasteiger charge is -2.25. The number of hydrogen-bond donors (Lipinski definition) is 1. The number of carbonyl (C=O) groups excluding carboxylic acids is 2. The fraction of sp³-hybridized carbons (Fsp3) is 0.346. The van der Waals surface area contributed by atoms with Crippen molar-refractivity contribution in [2.75, 3.05) is 26.0 Å². The monoisotopic (exact) mass is 447 g/mol. The van der Waals surface area contributed by atoms with Gasteiger partial charge in [-0.15, -0.1) is 0 Å². The van der Waals surface area contributed by atoms with Gasteiger partial charge < -0.3 is 15.1 Å². The highest BCUT2D eigenvalue weighted by atomic mass is 16.2. The van der Waals surface area contributed by atoms with E-state index in [1.54, 1.807) is 18.8 Å². The van der Waals surface area contributed by atoms with Crippen LogP contribution >= 0.6 is 0 Å². The van der Waals surface area contributed by atoms with E-state index >= 15 is 0 Å². The zero-order valence-corrected chi connectivity index (χ0v) is 20.3. The van der Waals surface area contributed by atoms with Crippen molar-refractivity contribution in [3.05, 3.63) is 77.5 Å². The molecule has 3 amide bonds. The van der Waals surface area contributed by atoms with Gasteiger partial charge in [0, 0.05) is 32.1 Å². The summed E-state index contributed by atoms with van der Waals surface area (Å²) < 4.78 is 1.77. The first-order valence-corrected chi connectivity index (χ1v) is 11.0. The molecule has 0 fully saturated rings. The molecule has 7 heteroatoms. The van der Waals surface area contributed by atoms with Crippen molar-refractivity contribution < 1.29 is 9.59 Å². The fourth-order valence-corrected chi connectivity index (χ4v) is 3.45. The molecule has 1 N–H and O–H groups in total. The van der Waals surface area contributed by atoms with Gasteiger partial charge in [-0.3, -0.25) is 4.79 Å². The number of amides is 3. The van der Waals surface area contributed by atoms with Crippen LogP contribution < -0.4 is 5.32 Å². The van der Waals surface area contributed by atoms with E-state index in [1.165, 1.54) is 9.80 Å². The van der Waals surface area contributed by atoms with Crippen LogP contribution in [0.3, 0.4) is 0 Å². The van der Waals surface area contributed by atoms with Crippen LogP contribution in [0.2, 0.25) is 0 Å². The Labute approximate surface area is 196 Å². The molecule has 7 nitrogen and oxygen atoms in total. The molecule has 1 heterocycles. The second-order valence-electron chi connectivity index (χ2n) is 9.43. The number of aromatic nitrogens is 2. The Hall–Kier alpha value is -3.61. The van der Waals surface area contributed by atoms with Gasteiger partial charge in [-0.25, -0.2) is 9.48 Å². The van der Waals surface area contributed by atoms with E-state index in [2.05, 4.69) is 26.1 Å². The fourth-order valence-electron chi connectivity index (χ4n) is 3.45. The minimum atomic E-state index is -0.281. The molecule has 0 aliphatic carbocycles. The van der Waals surface area contributed by atoms with Crippen LogP contribution in [0.5, 0.6) is 0 Å². The topological polar surface area (TPSA) is 70.5 Å². The molecule has 0 atom stereocenters. The standard InChI is InChI=1S/C26H33N5O2/c1-19-12-10-11-15-21(19)31-23(16-22(28-31)26(2,3)4)27-24(32)18-30(25(33)29(5)6)17-20-13-8-7-9-14-20/h7-16H,17-18H2,1-6H3,(H,27,32). The number of benzene rings is 2. The van der Waals surface area contributed by atoms with E-state index in [1.807, 2.05) is 67.6 Å². The van der Waals surface area contributed by atoms with Crippen LogP contribution in [-0.4, -0.2) is 52.2 Å². The van der Waals surface area contributed by atoms with Crippen molar-refractivity contribution >= 4 is 17.8 Å². The van der Waals surface area contributed by atoms with E-state index in [-0.39, 0.29) is 23.9 Å². The van der Waals surface area contributed by atoms with Crippen molar-refractivity contribution in [3.8, 4) is 5.69 Å². The summed E-state index contributed by atoms with van der Waals surface area (Å²) in [6.45, 7) is 8.53. The van der Waals surface area contributed by atoms with Crippen molar-refractivity contribution in [2.24, 2.45) is 0 Å². The van der Waals surface area contributed by atoms with Gasteiger partial charge in [0.2, 0.25) is 5.91 Å². The number of carbonyl (C=O) groups is 2. The predicted octanol–water partition coefficient (Wildman–Crippen LogP) is 4.60. The molecule has 0 radical (unpaired) electrons. The number of urea groups is 1. The molecule has 3 aromatic rings. The van der Waals surface area contributed by atoms with Crippen molar-refractivity contribution in [1.29, 1.82) is 0 Å². The van der Waals surface area contributed by atoms with Gasteiger partial charge in [0.1, 0.15) is 12.4 Å². The number of nitrogens with zero attached hydrogens (tertiary/aromatic N) is 4. The minimum absolute atomic E-state index is 0.0737. The van der Waals surface area contributed by atoms with E-state index in [9.17, 15) is 9.59 Å². The Balaban J connectivity index is 1.88. The highest BCUT2D eigenvalue weighted by Crippen LogP contribution is 2.27. The predicted molar refractivity (Wildman–Crippen MR) is 132 cm³/mol. The first-order valence-electron chi connectivity index (χ1n) is 11.0. The number of rotatable bonds is 6. The Morgan fingerprint density at radius 1 is 1.00 bits per heavy atom. The smallest absolute Gasteiger partial charge is 0.320 e. The summed E-state index contributed by atoms with van der Waals surface area (Å²) in [6, 6.07) is 19.2. The summed E-state index contributed by atoms with van der Waals surface area (Å²) in [5.74, 6) is 0.299. The molecule has 1 aromatic heterocycles. The third-order valence-electron chi connectivity index (χ3n) is 5.29. The Kier molecular flexibility index (Phi) is 7.21. The van der Waals surface area contributed by atoms with Crippen molar-refractivity contribution in [2.45, 2.75) is 39.7 Å². The van der Waals surface area contributed by atoms with Gasteiger partial charge in [-0.05, 0) is 24.1 Å². The lowest BCUT2D eigenvalue weighted by atomic mass is 9.92. The number of anilines is 1. The Bertz CT molecular complexity index is 1110. The van der Waals surface area contributed by atoms with E-state index in [0.717, 1.165) is 22.5 Å². The largest absolute Gasteiger partial charge is 0.331 e. The normalized spacial score (nSPS) is 11.2. The van der Waals surface area contributed by atoms with Gasteiger partial charge in [0.05, 0.1) is 11.4 Å². The Morgan fingerprint density at radius 2 is 1.64 bits per heavy atom. The third kappa shape index (κ3) is 6.00. The molecular weight excluding hydrogens is 414 g/mol. The summed E-state index contributed by atoms with van der Waals surface area (Å²) in [4.78, 5) is 28.9. The molecular formula is C26H33N5O2. The Morgan fingerprint density at radius 3 is 2.24 bits per heavy atom. The molecule has 0 unspecified atom stereocenters. The number of nitrogens with one attached hydrogen (secondary N) is 1. The molecule has 174 valence electrons. The number of hydrogen-bond acceptors (Lipinski definition) is 3. The van der Waals surface area contributed by atoms with Crippen LogP contribution in [0.15, 0.2) is 60.7 Å². The maximum atomic E-state index is 13.1. The number of para-hydroxylation sites is 1. The minimum Gasteiger partial charge on any atom is -0.331 e. The first kappa shape index (κ1) is 24.0. The van der Waals surface area contributed by atoms with Crippen LogP contribution in [0, 0.1) is 6.92 Å². The average Bonchev–Trinajstić information content (AvgIpc) is 3.17. The maximum Gasteiger partial charge on any atom is 0.320 e. The molecule has 3 rings (SSSR count). The van der Waals surface area contributed by atoms with Gasteiger partial charge in [-0.2, -0.15) is 5.10 Å². The van der Waals surface area contributed by atoms with Gasteiger partial charge in [0.25, 0.3) is 0 Å². The molecule has 0 spiro atoms. The van der Waals surface area contributed by atoms with Crippen LogP contribution in [0.1, 0.15) is 37.6 Å². The quantitative estimate of drug-likeness (QED) is 0.600. The molecule has 33 heavy (non-hydrogen) atoms. The highest BCUT2D eigenvalue weighted by Gasteiger charge is 2.24. The molecule has 0 saturated heterocycles. The van der Waals surface area contributed by atoms with E-state index in [4.69, 9.17) is 5.10 Å². The molecule has 2 aromatic carbocycles. The summed E-state index contributed by atoms with van der Waals surface area (Å²) in [5.41, 5.74) is 3.58. The summed E-state index contributed by atoms with van der Waals surface area (Å²) >= 11 is 0. The van der Waals surface area contributed by atoms with Gasteiger partial charge >= 0.3 is 6.03 Å². The third-order valence-corrected chi connectivity index (χ3v) is 5.29. The van der Waals surface area contributed by atoms with Crippen molar-refractivity contribution in [3.63, 3.8) is 0 Å². The zero-order chi connectivity index (χ0) is 24.2.